The molecule has 306 valence electrons. The maximum atomic E-state index is 8.45. The molecule has 11 rings (SSSR count). The van der Waals surface area contributed by atoms with Gasteiger partial charge in [0, 0.05) is 27.8 Å². The molecule has 1 aliphatic heterocycles. The van der Waals surface area contributed by atoms with Crippen molar-refractivity contribution in [3.05, 3.63) is 108 Å². The predicted molar refractivity (Wildman–Crippen MR) is 266 cm³/mol. The number of para-hydroxylation sites is 3. The van der Waals surface area contributed by atoms with E-state index >= 15 is 0 Å². The van der Waals surface area contributed by atoms with Crippen molar-refractivity contribution < 1.29 is 4.74 Å². The average Bonchev–Trinajstić information content (AvgIpc) is 3.55. The molecule has 63 heavy (non-hydrogen) atoms. The van der Waals surface area contributed by atoms with Crippen LogP contribution in [-0.2, 0) is 15.9 Å². The molecule has 1 aromatic heterocycles. The molecular weight excluding hydrogens is 761 g/mol. The predicted octanol–water partition coefficient (Wildman–Crippen LogP) is 8.40. The first-order valence-corrected chi connectivity index (χ1v) is 23.5. The third kappa shape index (κ3) is 6.63. The topological polar surface area (TPSA) is 38.2 Å². The third-order valence-corrected chi connectivity index (χ3v) is 15.8. The fourth-order valence-electron chi connectivity index (χ4n) is 13.5. The van der Waals surface area contributed by atoms with Crippen LogP contribution in [0.5, 0.6) is 0 Å². The minimum Gasteiger partial charge on any atom is -0.358 e. The summed E-state index contributed by atoms with van der Waals surface area (Å²) in [6.07, 6.45) is 9.69. The third-order valence-electron chi connectivity index (χ3n) is 15.8. The zero-order chi connectivity index (χ0) is 43.9. The lowest BCUT2D eigenvalue weighted by Crippen LogP contribution is -2.56. The second-order valence-corrected chi connectivity index (χ2v) is 19.7. The minimum atomic E-state index is -0.440. The number of nitrogens with zero attached hydrogens (tertiary/aromatic N) is 3. The summed E-state index contributed by atoms with van der Waals surface area (Å²) < 4.78 is 8.45. The van der Waals surface area contributed by atoms with Crippen molar-refractivity contribution in [3.63, 3.8) is 0 Å². The summed E-state index contributed by atoms with van der Waals surface area (Å²) in [5.41, 5.74) is 8.83. The van der Waals surface area contributed by atoms with Gasteiger partial charge in [-0.25, -0.2) is 9.97 Å². The van der Waals surface area contributed by atoms with Crippen molar-refractivity contribution in [3.8, 4) is 22.6 Å². The molecule has 2 spiro atoms. The van der Waals surface area contributed by atoms with Crippen LogP contribution in [0.4, 0.5) is 17.1 Å². The van der Waals surface area contributed by atoms with Crippen LogP contribution in [0.1, 0.15) is 97.1 Å². The molecule has 10 radical (unpaired) electrons. The second-order valence-electron chi connectivity index (χ2n) is 19.7. The Labute approximate surface area is 381 Å². The number of ether oxygens (including phenoxy) is 1. The monoisotopic (exact) mass is 815 g/mol. The van der Waals surface area contributed by atoms with Gasteiger partial charge in [0.2, 0.25) is 0 Å². The largest absolute Gasteiger partial charge is 0.358 e. The quantitative estimate of drug-likeness (QED) is 0.169. The zero-order valence-corrected chi connectivity index (χ0v) is 37.6. The molecule has 5 aromatic carbocycles. The highest BCUT2D eigenvalue weighted by Crippen LogP contribution is 2.67. The van der Waals surface area contributed by atoms with Gasteiger partial charge in [-0.3, -0.25) is 0 Å². The van der Waals surface area contributed by atoms with Crippen LogP contribution in [0.3, 0.4) is 0 Å². The van der Waals surface area contributed by atoms with E-state index in [2.05, 4.69) is 98.5 Å². The van der Waals surface area contributed by atoms with Gasteiger partial charge in [-0.2, -0.15) is 0 Å². The first-order valence-electron chi connectivity index (χ1n) is 23.5. The zero-order valence-electron chi connectivity index (χ0n) is 37.6. The van der Waals surface area contributed by atoms with E-state index < -0.39 is 11.2 Å². The maximum Gasteiger partial charge on any atom is 0.160 e. The van der Waals surface area contributed by atoms with Gasteiger partial charge in [0.25, 0.3) is 0 Å². The van der Waals surface area contributed by atoms with Crippen molar-refractivity contribution in [2.45, 2.75) is 97.2 Å². The first-order chi connectivity index (χ1) is 30.5. The Balaban J connectivity index is 0.00000232. The SMILES string of the molecule is CC.[B]c1c([B])c([B])c(-c2nc(-c3cccc(N4c5ccccc5C5(CC6CC(C)CC5C6)OC5(c6ccccc64)C(C)CC4CC(C)CC5C4)c3)nc3ccccc23)c([B])c1[B]. The van der Waals surface area contributed by atoms with Crippen LogP contribution in [0.15, 0.2) is 97.1 Å². The van der Waals surface area contributed by atoms with Crippen molar-refractivity contribution in [2.24, 2.45) is 41.4 Å². The standard InChI is InChI=1S/C52H48B5N3O.C2H6/c1-28-19-31-23-30(3)52(35(22-28)24-31)39-15-6-9-18-42(39)60(41-17-8-5-14-38(41)51(61-52)27-32-20-29(2)21-34(51)25-32)36-12-10-11-33(26-36)50-58-40-16-7-4-13-37(40)49(59-50)43-44(53)46(55)48(57)47(56)45(43)54;1-2/h4-18,26,28-32,34-35H,19-25,27H2,1-3H3;1-2H3. The average molecular weight is 815 g/mol. The maximum absolute atomic E-state index is 8.45. The van der Waals surface area contributed by atoms with E-state index in [0.717, 1.165) is 34.5 Å². The van der Waals surface area contributed by atoms with E-state index in [1.54, 1.807) is 0 Å². The van der Waals surface area contributed by atoms with Gasteiger partial charge in [0.1, 0.15) is 44.8 Å². The Morgan fingerprint density at radius 2 is 1.19 bits per heavy atom. The van der Waals surface area contributed by atoms with Gasteiger partial charge >= 0.3 is 0 Å². The van der Waals surface area contributed by atoms with Gasteiger partial charge < -0.3 is 9.64 Å². The van der Waals surface area contributed by atoms with Gasteiger partial charge in [-0.15, -0.1) is 16.4 Å². The molecule has 6 aromatic rings. The van der Waals surface area contributed by atoms with Gasteiger partial charge in [-0.05, 0) is 129 Å². The number of fused-ring (bicyclic) bond motifs is 11. The van der Waals surface area contributed by atoms with Gasteiger partial charge in [0.05, 0.1) is 28.2 Å². The van der Waals surface area contributed by atoms with Crippen molar-refractivity contribution in [1.29, 1.82) is 0 Å². The fraction of sp³-hybridized carbons (Fsp3) is 0.407. The van der Waals surface area contributed by atoms with E-state index in [1.807, 2.05) is 38.1 Å². The van der Waals surface area contributed by atoms with Gasteiger partial charge in [-0.1, -0.05) is 112 Å². The Morgan fingerprint density at radius 3 is 1.94 bits per heavy atom. The highest BCUT2D eigenvalue weighted by Gasteiger charge is 2.63. The van der Waals surface area contributed by atoms with Crippen molar-refractivity contribution >= 4 is 94.5 Å². The van der Waals surface area contributed by atoms with Crippen LogP contribution in [0, 0.1) is 41.4 Å². The van der Waals surface area contributed by atoms with E-state index in [-0.39, 0.29) is 27.3 Å². The summed E-state index contributed by atoms with van der Waals surface area (Å²) in [5.74, 6) is 4.52. The fourth-order valence-corrected chi connectivity index (χ4v) is 13.5. The Hall–Kier alpha value is -4.48. The van der Waals surface area contributed by atoms with Crippen LogP contribution >= 0.6 is 0 Å². The Kier molecular flexibility index (Phi) is 10.9. The van der Waals surface area contributed by atoms with Crippen molar-refractivity contribution in [2.75, 3.05) is 4.90 Å². The lowest BCUT2D eigenvalue weighted by atomic mass is 9.55. The highest BCUT2D eigenvalue weighted by molar-refractivity contribution is 6.68. The molecule has 4 fully saturated rings. The number of aromatic nitrogens is 2. The number of rotatable bonds is 3. The molecule has 9 unspecified atom stereocenters. The van der Waals surface area contributed by atoms with E-state index in [0.29, 0.717) is 52.6 Å². The van der Waals surface area contributed by atoms with E-state index in [4.69, 9.17) is 53.9 Å². The summed E-state index contributed by atoms with van der Waals surface area (Å²) in [6, 6.07) is 34.9. The van der Waals surface area contributed by atoms with Crippen molar-refractivity contribution in [1.82, 2.24) is 9.97 Å². The van der Waals surface area contributed by atoms with E-state index in [9.17, 15) is 0 Å². The van der Waals surface area contributed by atoms with Crippen LogP contribution in [0.2, 0.25) is 0 Å². The lowest BCUT2D eigenvalue weighted by Gasteiger charge is -2.60. The summed E-state index contributed by atoms with van der Waals surface area (Å²) in [4.78, 5) is 12.9. The molecule has 4 bridgehead atoms. The molecule has 4 saturated carbocycles. The molecule has 9 heteroatoms. The molecule has 4 aliphatic carbocycles. The summed E-state index contributed by atoms with van der Waals surface area (Å²) in [7, 11) is 32.4. The summed E-state index contributed by atoms with van der Waals surface area (Å²) in [6.45, 7) is 11.5. The van der Waals surface area contributed by atoms with Crippen LogP contribution < -0.4 is 32.2 Å². The number of hydrogen-bond acceptors (Lipinski definition) is 4. The minimum absolute atomic E-state index is 0.170. The highest BCUT2D eigenvalue weighted by atomic mass is 16.5. The van der Waals surface area contributed by atoms with Crippen LogP contribution in [-0.4, -0.2) is 49.2 Å². The summed E-state index contributed by atoms with van der Waals surface area (Å²) in [5, 5.41) is 0.781. The Morgan fingerprint density at radius 1 is 0.587 bits per heavy atom. The smallest absolute Gasteiger partial charge is 0.160 e. The lowest BCUT2D eigenvalue weighted by molar-refractivity contribution is -0.257. The molecular formula is C54H54B5N3O. The summed E-state index contributed by atoms with van der Waals surface area (Å²) >= 11 is 0. The number of hydrogen-bond donors (Lipinski definition) is 0. The van der Waals surface area contributed by atoms with E-state index in [1.165, 1.54) is 67.4 Å². The Bertz CT molecular complexity index is 2710. The molecule has 0 saturated heterocycles. The normalized spacial score (nSPS) is 29.3. The first kappa shape index (κ1) is 42.5. The molecule has 2 heterocycles. The second kappa shape index (κ2) is 16.2. The molecule has 0 N–H and O–H groups in total. The van der Waals surface area contributed by atoms with Gasteiger partial charge in [0.15, 0.2) is 5.82 Å². The molecule has 9 atom stereocenters. The van der Waals surface area contributed by atoms with Crippen LogP contribution in [0.25, 0.3) is 33.5 Å². The number of anilines is 3. The molecule has 4 nitrogen and oxygen atoms in total. The molecule has 5 aliphatic rings. The molecule has 0 amide bonds. The number of benzene rings is 5.